The molecule has 2 aliphatic heterocycles. The zero-order valence-corrected chi connectivity index (χ0v) is 10.1. The molecule has 17 heavy (non-hydrogen) atoms. The van der Waals surface area contributed by atoms with Crippen molar-refractivity contribution in [2.45, 2.75) is 32.0 Å². The highest BCUT2D eigenvalue weighted by atomic mass is 16.5. The fourth-order valence-corrected chi connectivity index (χ4v) is 2.42. The van der Waals surface area contributed by atoms with Crippen LogP contribution in [0.3, 0.4) is 0 Å². The lowest BCUT2D eigenvalue weighted by Gasteiger charge is -2.25. The lowest BCUT2D eigenvalue weighted by Crippen LogP contribution is -2.44. The number of hydrogen-bond donors (Lipinski definition) is 2. The molecule has 6 heteroatoms. The zero-order valence-electron chi connectivity index (χ0n) is 10.1. The standard InChI is InChI=1S/C11H19N5O/c1-8-2-3-9(17-8)10-13-11(15-14-10)16-6-4-12-5-7-16/h8-9,12H,2-7H2,1H3,(H,13,14,15). The molecule has 2 atom stereocenters. The van der Waals surface area contributed by atoms with Gasteiger partial charge in [0.2, 0.25) is 5.95 Å². The number of piperazine rings is 1. The molecule has 2 fully saturated rings. The van der Waals surface area contributed by atoms with Gasteiger partial charge in [-0.1, -0.05) is 0 Å². The number of nitrogens with zero attached hydrogens (tertiary/aromatic N) is 3. The molecule has 1 aromatic heterocycles. The minimum absolute atomic E-state index is 0.106. The minimum Gasteiger partial charge on any atom is -0.367 e. The molecule has 0 bridgehead atoms. The number of anilines is 1. The van der Waals surface area contributed by atoms with Crippen LogP contribution in [-0.2, 0) is 4.74 Å². The largest absolute Gasteiger partial charge is 0.367 e. The first-order valence-corrected chi connectivity index (χ1v) is 6.36. The molecular formula is C11H19N5O. The smallest absolute Gasteiger partial charge is 0.244 e. The highest BCUT2D eigenvalue weighted by molar-refractivity contribution is 5.29. The monoisotopic (exact) mass is 237 g/mol. The van der Waals surface area contributed by atoms with Crippen LogP contribution in [0.5, 0.6) is 0 Å². The lowest BCUT2D eigenvalue weighted by atomic mass is 10.2. The maximum Gasteiger partial charge on any atom is 0.244 e. The molecule has 0 aliphatic carbocycles. The number of ether oxygens (including phenoxy) is 1. The molecule has 6 nitrogen and oxygen atoms in total. The summed E-state index contributed by atoms with van der Waals surface area (Å²) in [5, 5.41) is 10.6. The second kappa shape index (κ2) is 4.62. The SMILES string of the molecule is CC1CCC(c2nc(N3CCNCC3)n[nH]2)O1. The molecule has 94 valence electrons. The Hall–Kier alpha value is -1.14. The van der Waals surface area contributed by atoms with E-state index in [1.807, 2.05) is 0 Å². The van der Waals surface area contributed by atoms with Crippen LogP contribution in [0, 0.1) is 0 Å². The third kappa shape index (κ3) is 2.28. The van der Waals surface area contributed by atoms with Crippen molar-refractivity contribution >= 4 is 5.95 Å². The highest BCUT2D eigenvalue weighted by Crippen LogP contribution is 2.30. The van der Waals surface area contributed by atoms with Crippen molar-refractivity contribution < 1.29 is 4.74 Å². The molecule has 0 saturated carbocycles. The number of rotatable bonds is 2. The van der Waals surface area contributed by atoms with Gasteiger partial charge in [0.1, 0.15) is 6.10 Å². The summed E-state index contributed by atoms with van der Waals surface area (Å²) in [6.07, 6.45) is 2.59. The number of hydrogen-bond acceptors (Lipinski definition) is 5. The van der Waals surface area contributed by atoms with Crippen molar-refractivity contribution in [1.29, 1.82) is 0 Å². The van der Waals surface area contributed by atoms with Gasteiger partial charge in [-0.25, -0.2) is 0 Å². The fourth-order valence-electron chi connectivity index (χ4n) is 2.42. The van der Waals surface area contributed by atoms with Crippen LogP contribution in [0.1, 0.15) is 31.7 Å². The Balaban J connectivity index is 1.69. The summed E-state index contributed by atoms with van der Waals surface area (Å²) < 4.78 is 5.78. The first kappa shape index (κ1) is 11.0. The Morgan fingerprint density at radius 3 is 2.82 bits per heavy atom. The van der Waals surface area contributed by atoms with Gasteiger partial charge in [0.25, 0.3) is 0 Å². The van der Waals surface area contributed by atoms with E-state index in [4.69, 9.17) is 4.74 Å². The lowest BCUT2D eigenvalue weighted by molar-refractivity contribution is 0.0505. The van der Waals surface area contributed by atoms with E-state index in [2.05, 4.69) is 32.3 Å². The molecule has 3 rings (SSSR count). The van der Waals surface area contributed by atoms with Gasteiger partial charge in [-0.2, -0.15) is 4.98 Å². The summed E-state index contributed by atoms with van der Waals surface area (Å²) in [5.41, 5.74) is 0. The Bertz CT molecular complexity index is 354. The molecule has 2 aliphatic rings. The Kier molecular flexibility index (Phi) is 2.98. The molecule has 2 saturated heterocycles. The summed E-state index contributed by atoms with van der Waals surface area (Å²) in [6.45, 7) is 6.05. The van der Waals surface area contributed by atoms with E-state index in [9.17, 15) is 0 Å². The number of aromatic nitrogens is 3. The fraction of sp³-hybridized carbons (Fsp3) is 0.818. The summed E-state index contributed by atoms with van der Waals surface area (Å²) in [4.78, 5) is 6.76. The molecule has 0 amide bonds. The van der Waals surface area contributed by atoms with Crippen LogP contribution < -0.4 is 10.2 Å². The molecule has 1 aromatic rings. The van der Waals surface area contributed by atoms with Crippen molar-refractivity contribution in [2.75, 3.05) is 31.1 Å². The molecule has 0 spiro atoms. The maximum absolute atomic E-state index is 5.78. The predicted octanol–water partition coefficient (Wildman–Crippen LogP) is 0.454. The molecule has 2 N–H and O–H groups in total. The van der Waals surface area contributed by atoms with E-state index in [1.54, 1.807) is 0 Å². The average molecular weight is 237 g/mol. The number of H-pyrrole nitrogens is 1. The van der Waals surface area contributed by atoms with Gasteiger partial charge in [0, 0.05) is 26.2 Å². The minimum atomic E-state index is 0.106. The van der Waals surface area contributed by atoms with Crippen molar-refractivity contribution in [1.82, 2.24) is 20.5 Å². The zero-order chi connectivity index (χ0) is 11.7. The highest BCUT2D eigenvalue weighted by Gasteiger charge is 2.27. The van der Waals surface area contributed by atoms with E-state index in [-0.39, 0.29) is 6.10 Å². The molecule has 0 radical (unpaired) electrons. The van der Waals surface area contributed by atoms with Gasteiger partial charge >= 0.3 is 0 Å². The van der Waals surface area contributed by atoms with Gasteiger partial charge < -0.3 is 15.0 Å². The van der Waals surface area contributed by atoms with Crippen molar-refractivity contribution in [3.63, 3.8) is 0 Å². The van der Waals surface area contributed by atoms with Gasteiger partial charge in [0.05, 0.1) is 6.10 Å². The number of nitrogens with one attached hydrogen (secondary N) is 2. The van der Waals surface area contributed by atoms with Crippen LogP contribution in [0.15, 0.2) is 0 Å². The van der Waals surface area contributed by atoms with Gasteiger partial charge in [-0.15, -0.1) is 5.10 Å². The van der Waals surface area contributed by atoms with Crippen molar-refractivity contribution in [3.8, 4) is 0 Å². The number of aromatic amines is 1. The predicted molar refractivity (Wildman–Crippen MR) is 64.0 cm³/mol. The van der Waals surface area contributed by atoms with Gasteiger partial charge in [-0.05, 0) is 19.8 Å². The van der Waals surface area contributed by atoms with Gasteiger partial charge in [-0.3, -0.25) is 5.10 Å². The molecule has 2 unspecified atom stereocenters. The normalized spacial score (nSPS) is 29.8. The first-order valence-electron chi connectivity index (χ1n) is 6.36. The Morgan fingerprint density at radius 1 is 1.29 bits per heavy atom. The summed E-state index contributed by atoms with van der Waals surface area (Å²) in [6, 6.07) is 0. The van der Waals surface area contributed by atoms with Gasteiger partial charge in [0.15, 0.2) is 5.82 Å². The van der Waals surface area contributed by atoms with Crippen LogP contribution in [-0.4, -0.2) is 47.5 Å². The van der Waals surface area contributed by atoms with E-state index < -0.39 is 0 Å². The molecule has 3 heterocycles. The third-order valence-electron chi connectivity index (χ3n) is 3.43. The van der Waals surface area contributed by atoms with Crippen LogP contribution in [0.2, 0.25) is 0 Å². The summed E-state index contributed by atoms with van der Waals surface area (Å²) >= 11 is 0. The van der Waals surface area contributed by atoms with E-state index in [0.717, 1.165) is 50.8 Å². The van der Waals surface area contributed by atoms with Crippen LogP contribution in [0.4, 0.5) is 5.95 Å². The Labute approximate surface area is 101 Å². The maximum atomic E-state index is 5.78. The van der Waals surface area contributed by atoms with Crippen molar-refractivity contribution in [3.05, 3.63) is 5.82 Å². The molecular weight excluding hydrogens is 218 g/mol. The average Bonchev–Trinajstić information content (AvgIpc) is 2.98. The van der Waals surface area contributed by atoms with E-state index >= 15 is 0 Å². The molecule has 0 aromatic carbocycles. The topological polar surface area (TPSA) is 66.1 Å². The first-order chi connectivity index (χ1) is 8.33. The third-order valence-corrected chi connectivity index (χ3v) is 3.43. The quantitative estimate of drug-likeness (QED) is 0.782. The van der Waals surface area contributed by atoms with E-state index in [1.165, 1.54) is 0 Å². The van der Waals surface area contributed by atoms with Crippen LogP contribution >= 0.6 is 0 Å². The summed E-state index contributed by atoms with van der Waals surface area (Å²) in [5.74, 6) is 1.69. The van der Waals surface area contributed by atoms with Crippen molar-refractivity contribution in [2.24, 2.45) is 0 Å². The second-order valence-corrected chi connectivity index (χ2v) is 4.77. The van der Waals surface area contributed by atoms with E-state index in [0.29, 0.717) is 6.10 Å². The Morgan fingerprint density at radius 2 is 2.12 bits per heavy atom. The van der Waals surface area contributed by atoms with Crippen LogP contribution in [0.25, 0.3) is 0 Å². The second-order valence-electron chi connectivity index (χ2n) is 4.77. The summed E-state index contributed by atoms with van der Waals surface area (Å²) in [7, 11) is 0.